The second kappa shape index (κ2) is 11.0. The third-order valence-electron chi connectivity index (χ3n) is 5.60. The van der Waals surface area contributed by atoms with Crippen LogP contribution in [0, 0.1) is 10.1 Å². The molecule has 0 saturated heterocycles. The molecule has 1 atom stereocenters. The van der Waals surface area contributed by atoms with Crippen molar-refractivity contribution in [2.45, 2.75) is 19.4 Å². The van der Waals surface area contributed by atoms with E-state index < -0.39 is 4.92 Å². The van der Waals surface area contributed by atoms with Crippen LogP contribution in [0.1, 0.15) is 30.0 Å². The van der Waals surface area contributed by atoms with Crippen molar-refractivity contribution in [1.82, 2.24) is 15.0 Å². The van der Waals surface area contributed by atoms with Crippen molar-refractivity contribution in [2.75, 3.05) is 6.54 Å². The maximum atomic E-state index is 13.2. The molecule has 0 aliphatic heterocycles. The second-order valence-corrected chi connectivity index (χ2v) is 7.93. The Labute approximate surface area is 202 Å². The Balaban J connectivity index is 1.51. The van der Waals surface area contributed by atoms with Gasteiger partial charge in [0.05, 0.1) is 11.0 Å². The summed E-state index contributed by atoms with van der Waals surface area (Å²) in [6.07, 6.45) is 3.70. The molecular formula is C27H24N4O4. The normalized spacial score (nSPS) is 11.9. The second-order valence-electron chi connectivity index (χ2n) is 7.93. The molecule has 8 heteroatoms. The average Bonchev–Trinajstić information content (AvgIpc) is 3.38. The Morgan fingerprint density at radius 1 is 1.06 bits per heavy atom. The number of carbonyl (C=O) groups excluding carboxylic acids is 1. The first-order valence-corrected chi connectivity index (χ1v) is 11.2. The summed E-state index contributed by atoms with van der Waals surface area (Å²) in [7, 11) is 0. The van der Waals surface area contributed by atoms with Crippen LogP contribution in [0.2, 0.25) is 0 Å². The monoisotopic (exact) mass is 468 g/mol. The Kier molecular flexibility index (Phi) is 7.42. The molecule has 4 rings (SSSR count). The summed E-state index contributed by atoms with van der Waals surface area (Å²) < 4.78 is 5.38. The highest BCUT2D eigenvalue weighted by molar-refractivity contribution is 5.92. The van der Waals surface area contributed by atoms with Gasteiger partial charge in [-0.25, -0.2) is 0 Å². The van der Waals surface area contributed by atoms with Crippen molar-refractivity contribution in [1.29, 1.82) is 0 Å². The zero-order valence-electron chi connectivity index (χ0n) is 19.2. The molecule has 0 unspecified atom stereocenters. The molecule has 0 bridgehead atoms. The first kappa shape index (κ1) is 23.6. The van der Waals surface area contributed by atoms with Crippen molar-refractivity contribution < 1.29 is 14.2 Å². The SMILES string of the molecule is C[C@@H](c1ccccc1)N(CCc1nc(-c2cccc([N+](=O)[O-])c2)no1)C(=O)/C=C/c1ccccc1. The predicted molar refractivity (Wildman–Crippen MR) is 132 cm³/mol. The maximum absolute atomic E-state index is 13.2. The first-order chi connectivity index (χ1) is 17.0. The molecule has 0 aliphatic carbocycles. The van der Waals surface area contributed by atoms with Crippen molar-refractivity contribution in [3.8, 4) is 11.4 Å². The summed E-state index contributed by atoms with van der Waals surface area (Å²) in [4.78, 5) is 29.9. The molecule has 35 heavy (non-hydrogen) atoms. The lowest BCUT2D eigenvalue weighted by Gasteiger charge is -2.28. The topological polar surface area (TPSA) is 102 Å². The van der Waals surface area contributed by atoms with E-state index in [1.807, 2.05) is 67.6 Å². The van der Waals surface area contributed by atoms with Crippen molar-refractivity contribution in [2.24, 2.45) is 0 Å². The van der Waals surface area contributed by atoms with Gasteiger partial charge in [0.15, 0.2) is 0 Å². The van der Waals surface area contributed by atoms with Gasteiger partial charge in [-0.05, 0) is 24.1 Å². The lowest BCUT2D eigenvalue weighted by Crippen LogP contribution is -2.34. The molecule has 176 valence electrons. The van der Waals surface area contributed by atoms with Crippen molar-refractivity contribution in [3.63, 3.8) is 0 Å². The summed E-state index contributed by atoms with van der Waals surface area (Å²) in [6.45, 7) is 2.33. The lowest BCUT2D eigenvalue weighted by molar-refractivity contribution is -0.384. The number of nitro groups is 1. The molecule has 0 aliphatic rings. The van der Waals surface area contributed by atoms with E-state index in [0.717, 1.165) is 11.1 Å². The highest BCUT2D eigenvalue weighted by Crippen LogP contribution is 2.23. The fourth-order valence-corrected chi connectivity index (χ4v) is 3.68. The number of benzene rings is 3. The van der Waals surface area contributed by atoms with E-state index in [1.165, 1.54) is 12.1 Å². The van der Waals surface area contributed by atoms with Crippen molar-refractivity contribution in [3.05, 3.63) is 118 Å². The van der Waals surface area contributed by atoms with E-state index in [2.05, 4.69) is 10.1 Å². The number of amides is 1. The molecule has 0 saturated carbocycles. The Morgan fingerprint density at radius 2 is 1.77 bits per heavy atom. The molecule has 0 radical (unpaired) electrons. The predicted octanol–water partition coefficient (Wildman–Crippen LogP) is 5.49. The molecule has 0 fully saturated rings. The number of nitro benzene ring substituents is 1. The van der Waals surface area contributed by atoms with Gasteiger partial charge in [-0.3, -0.25) is 14.9 Å². The summed E-state index contributed by atoms with van der Waals surface area (Å²) in [5.41, 5.74) is 2.39. The Bertz CT molecular complexity index is 1320. The largest absolute Gasteiger partial charge is 0.339 e. The van der Waals surface area contributed by atoms with Gasteiger partial charge in [-0.2, -0.15) is 4.98 Å². The van der Waals surface area contributed by atoms with Crippen LogP contribution in [0.25, 0.3) is 17.5 Å². The summed E-state index contributed by atoms with van der Waals surface area (Å²) in [5, 5.41) is 15.0. The van der Waals surface area contributed by atoms with E-state index in [1.54, 1.807) is 29.2 Å². The van der Waals surface area contributed by atoms with Crippen LogP contribution in [0.15, 0.2) is 95.5 Å². The average molecular weight is 469 g/mol. The molecular weight excluding hydrogens is 444 g/mol. The van der Waals surface area contributed by atoms with Crippen LogP contribution < -0.4 is 0 Å². The Morgan fingerprint density at radius 3 is 2.49 bits per heavy atom. The number of carbonyl (C=O) groups is 1. The number of aromatic nitrogens is 2. The standard InChI is InChI=1S/C27H24N4O4/c1-20(22-11-6-3-7-12-22)30(26(32)16-15-21-9-4-2-5-10-21)18-17-25-28-27(29-35-25)23-13-8-14-24(19-23)31(33)34/h2-16,19-20H,17-18H2,1H3/b16-15+/t20-/m0/s1. The molecule has 4 aromatic rings. The number of hydrogen-bond donors (Lipinski definition) is 0. The van der Waals surface area contributed by atoms with E-state index in [4.69, 9.17) is 4.52 Å². The van der Waals surface area contributed by atoms with E-state index in [9.17, 15) is 14.9 Å². The zero-order valence-corrected chi connectivity index (χ0v) is 19.2. The van der Waals surface area contributed by atoms with Crippen LogP contribution in [0.4, 0.5) is 5.69 Å². The summed E-state index contributed by atoms with van der Waals surface area (Å²) >= 11 is 0. The van der Waals surface area contributed by atoms with E-state index in [0.29, 0.717) is 24.4 Å². The molecule has 1 amide bonds. The molecule has 0 spiro atoms. The molecule has 8 nitrogen and oxygen atoms in total. The highest BCUT2D eigenvalue weighted by atomic mass is 16.6. The van der Waals surface area contributed by atoms with Crippen LogP contribution in [-0.2, 0) is 11.2 Å². The minimum Gasteiger partial charge on any atom is -0.339 e. The van der Waals surface area contributed by atoms with Gasteiger partial charge in [0.25, 0.3) is 5.69 Å². The van der Waals surface area contributed by atoms with Gasteiger partial charge in [-0.15, -0.1) is 0 Å². The summed E-state index contributed by atoms with van der Waals surface area (Å²) in [5.74, 6) is 0.474. The Hall–Kier alpha value is -4.59. The molecule has 1 heterocycles. The van der Waals surface area contributed by atoms with Gasteiger partial charge >= 0.3 is 0 Å². The maximum Gasteiger partial charge on any atom is 0.270 e. The van der Waals surface area contributed by atoms with Crippen LogP contribution in [0.3, 0.4) is 0 Å². The smallest absolute Gasteiger partial charge is 0.270 e. The fraction of sp³-hybridized carbons (Fsp3) is 0.148. The van der Waals surface area contributed by atoms with Gasteiger partial charge < -0.3 is 9.42 Å². The van der Waals surface area contributed by atoms with Crippen LogP contribution >= 0.6 is 0 Å². The van der Waals surface area contributed by atoms with Crippen LogP contribution in [0.5, 0.6) is 0 Å². The number of nitrogens with zero attached hydrogens (tertiary/aromatic N) is 4. The third kappa shape index (κ3) is 6.05. The minimum absolute atomic E-state index is 0.0486. The van der Waals surface area contributed by atoms with Gasteiger partial charge in [0.1, 0.15) is 0 Å². The lowest BCUT2D eigenvalue weighted by atomic mass is 10.1. The van der Waals surface area contributed by atoms with Crippen molar-refractivity contribution >= 4 is 17.7 Å². The van der Waals surface area contributed by atoms with Gasteiger partial charge in [-0.1, -0.05) is 78.0 Å². The van der Waals surface area contributed by atoms with Gasteiger partial charge in [0.2, 0.25) is 17.6 Å². The molecule has 1 aromatic heterocycles. The molecule has 0 N–H and O–H groups in total. The highest BCUT2D eigenvalue weighted by Gasteiger charge is 2.21. The summed E-state index contributed by atoms with van der Waals surface area (Å²) in [6, 6.07) is 25.3. The zero-order chi connectivity index (χ0) is 24.6. The number of hydrogen-bond acceptors (Lipinski definition) is 6. The fourth-order valence-electron chi connectivity index (χ4n) is 3.68. The van der Waals surface area contributed by atoms with Gasteiger partial charge in [0, 0.05) is 36.7 Å². The third-order valence-corrected chi connectivity index (χ3v) is 5.60. The first-order valence-electron chi connectivity index (χ1n) is 11.2. The van der Waals surface area contributed by atoms with Crippen LogP contribution in [-0.4, -0.2) is 32.4 Å². The number of rotatable bonds is 9. The van der Waals surface area contributed by atoms with E-state index >= 15 is 0 Å². The minimum atomic E-state index is -0.470. The van der Waals surface area contributed by atoms with E-state index in [-0.39, 0.29) is 23.5 Å². The molecule has 3 aromatic carbocycles. The number of non-ortho nitro benzene ring substituents is 1. The quantitative estimate of drug-likeness (QED) is 0.183.